The van der Waals surface area contributed by atoms with Gasteiger partial charge in [0.2, 0.25) is 0 Å². The fourth-order valence-electron chi connectivity index (χ4n) is 2.62. The van der Waals surface area contributed by atoms with E-state index in [-0.39, 0.29) is 15.8 Å². The number of amides is 1. The van der Waals surface area contributed by atoms with E-state index in [0.717, 1.165) is 22.4 Å². The number of carbonyl (C=O) groups excluding carboxylic acids is 1. The highest BCUT2D eigenvalue weighted by molar-refractivity contribution is 7.16. The number of alkyl halides is 3. The van der Waals surface area contributed by atoms with Gasteiger partial charge in [0, 0.05) is 10.4 Å². The molecule has 0 saturated heterocycles. The number of hydrogen-bond acceptors (Lipinski definition) is 5. The van der Waals surface area contributed by atoms with E-state index in [0.29, 0.717) is 10.4 Å². The van der Waals surface area contributed by atoms with E-state index < -0.39 is 23.3 Å². The molecule has 0 saturated carbocycles. The van der Waals surface area contributed by atoms with E-state index in [1.165, 1.54) is 35.6 Å². The summed E-state index contributed by atoms with van der Waals surface area (Å²) in [4.78, 5) is 17.7. The molecule has 3 aromatic heterocycles. The van der Waals surface area contributed by atoms with Crippen molar-refractivity contribution in [3.8, 4) is 16.3 Å². The third-order valence-corrected chi connectivity index (χ3v) is 5.72. The Hall–Kier alpha value is -2.69. The molecule has 0 aliphatic rings. The first-order valence-electron chi connectivity index (χ1n) is 8.05. The second kappa shape index (κ2) is 7.62. The number of nitrogens with zero attached hydrogens (tertiary/aromatic N) is 3. The van der Waals surface area contributed by atoms with Gasteiger partial charge in [-0.1, -0.05) is 23.7 Å². The number of halogens is 4. The van der Waals surface area contributed by atoms with Crippen molar-refractivity contribution in [3.05, 3.63) is 69.6 Å². The summed E-state index contributed by atoms with van der Waals surface area (Å²) >= 11 is 8.47. The molecule has 0 spiro atoms. The van der Waals surface area contributed by atoms with Crippen molar-refractivity contribution in [1.29, 1.82) is 0 Å². The lowest BCUT2D eigenvalue weighted by Gasteiger charge is -2.12. The van der Waals surface area contributed by atoms with Crippen LogP contribution in [0.3, 0.4) is 0 Å². The van der Waals surface area contributed by atoms with Gasteiger partial charge in [-0.15, -0.1) is 22.7 Å². The van der Waals surface area contributed by atoms with E-state index in [1.54, 1.807) is 5.38 Å². The van der Waals surface area contributed by atoms with Gasteiger partial charge in [0.1, 0.15) is 0 Å². The molecule has 0 unspecified atom stereocenters. The lowest BCUT2D eigenvalue weighted by atomic mass is 10.2. The molecule has 3 heterocycles. The van der Waals surface area contributed by atoms with Crippen LogP contribution < -0.4 is 5.32 Å². The molecule has 11 heteroatoms. The number of hydrogen-bond donors (Lipinski definition) is 1. The molecule has 0 aliphatic heterocycles. The molecule has 0 fully saturated rings. The number of benzene rings is 1. The molecular weight excluding hydrogens is 445 g/mol. The monoisotopic (exact) mass is 454 g/mol. The molecule has 1 aromatic carbocycles. The molecular formula is C18H10ClF3N4OS2. The predicted molar refractivity (Wildman–Crippen MR) is 107 cm³/mol. The zero-order valence-corrected chi connectivity index (χ0v) is 16.7. The minimum Gasteiger partial charge on any atom is -0.298 e. The predicted octanol–water partition coefficient (Wildman–Crippen LogP) is 5.98. The van der Waals surface area contributed by atoms with Gasteiger partial charge in [-0.2, -0.15) is 18.3 Å². The van der Waals surface area contributed by atoms with Gasteiger partial charge in [-0.3, -0.25) is 10.1 Å². The Kier molecular flexibility index (Phi) is 5.15. The summed E-state index contributed by atoms with van der Waals surface area (Å²) in [7, 11) is 0. The van der Waals surface area contributed by atoms with Gasteiger partial charge in [0.05, 0.1) is 28.0 Å². The summed E-state index contributed by atoms with van der Waals surface area (Å²) in [5.41, 5.74) is -1.05. The maximum atomic E-state index is 13.7. The molecule has 4 rings (SSSR count). The molecule has 29 heavy (non-hydrogen) atoms. The summed E-state index contributed by atoms with van der Waals surface area (Å²) in [6.07, 6.45) is -3.93. The molecule has 148 valence electrons. The van der Waals surface area contributed by atoms with Crippen LogP contribution in [-0.4, -0.2) is 20.7 Å². The van der Waals surface area contributed by atoms with E-state index in [2.05, 4.69) is 15.4 Å². The highest BCUT2D eigenvalue weighted by Gasteiger charge is 2.40. The van der Waals surface area contributed by atoms with E-state index in [4.69, 9.17) is 11.6 Å². The van der Waals surface area contributed by atoms with Crippen molar-refractivity contribution >= 4 is 45.3 Å². The smallest absolute Gasteiger partial charge is 0.298 e. The number of anilines is 1. The lowest BCUT2D eigenvalue weighted by molar-refractivity contribution is -0.143. The lowest BCUT2D eigenvalue weighted by Crippen LogP contribution is -2.20. The Balaban J connectivity index is 1.67. The van der Waals surface area contributed by atoms with Crippen LogP contribution >= 0.6 is 34.3 Å². The number of nitrogens with one attached hydrogen (secondary N) is 1. The first kappa shape index (κ1) is 19.6. The Labute approximate surface area is 175 Å². The van der Waals surface area contributed by atoms with E-state index in [1.807, 2.05) is 17.5 Å². The third-order valence-electron chi connectivity index (χ3n) is 3.83. The van der Waals surface area contributed by atoms with Crippen LogP contribution in [0.1, 0.15) is 16.1 Å². The fourth-order valence-corrected chi connectivity index (χ4v) is 4.28. The number of thiazole rings is 1. The van der Waals surface area contributed by atoms with Crippen molar-refractivity contribution in [1.82, 2.24) is 14.8 Å². The van der Waals surface area contributed by atoms with E-state index in [9.17, 15) is 18.0 Å². The maximum absolute atomic E-state index is 13.7. The summed E-state index contributed by atoms with van der Waals surface area (Å²) < 4.78 is 41.8. The van der Waals surface area contributed by atoms with E-state index >= 15 is 0 Å². The Morgan fingerprint density at radius 2 is 2.00 bits per heavy atom. The molecule has 1 amide bonds. The average molecular weight is 455 g/mol. The largest absolute Gasteiger partial charge is 0.434 e. The highest BCUT2D eigenvalue weighted by atomic mass is 35.5. The average Bonchev–Trinajstić information content (AvgIpc) is 3.40. The molecule has 0 bridgehead atoms. The molecule has 4 aromatic rings. The normalized spacial score (nSPS) is 11.6. The van der Waals surface area contributed by atoms with Crippen LogP contribution in [0.25, 0.3) is 16.3 Å². The second-order valence-corrected chi connectivity index (χ2v) is 8.01. The standard InChI is InChI=1S/C18H10ClF3N4OS2/c19-10-3-1-4-11(7-10)26-15(18(20,21)22)12(8-23-26)16(27)25-17-24-13(9-29-17)14-5-2-6-28-14/h1-9H,(H,24,25,27). The quantitative estimate of drug-likeness (QED) is 0.412. The summed E-state index contributed by atoms with van der Waals surface area (Å²) in [5.74, 6) is -0.947. The van der Waals surface area contributed by atoms with Gasteiger partial charge in [0.15, 0.2) is 10.8 Å². The van der Waals surface area contributed by atoms with Crippen molar-refractivity contribution < 1.29 is 18.0 Å². The number of aromatic nitrogens is 3. The van der Waals surface area contributed by atoms with Crippen molar-refractivity contribution in [3.63, 3.8) is 0 Å². The Bertz CT molecular complexity index is 1170. The summed E-state index contributed by atoms with van der Waals surface area (Å²) in [6.45, 7) is 0. The molecule has 0 aliphatic carbocycles. The van der Waals surface area contributed by atoms with Crippen LogP contribution in [0.4, 0.5) is 18.3 Å². The highest BCUT2D eigenvalue weighted by Crippen LogP contribution is 2.35. The van der Waals surface area contributed by atoms with Crippen molar-refractivity contribution in [2.45, 2.75) is 6.18 Å². The molecule has 1 N–H and O–H groups in total. The summed E-state index contributed by atoms with van der Waals surface area (Å²) in [6, 6.07) is 9.51. The van der Waals surface area contributed by atoms with Gasteiger partial charge in [-0.05, 0) is 29.6 Å². The van der Waals surface area contributed by atoms with Crippen LogP contribution in [0, 0.1) is 0 Å². The Morgan fingerprint density at radius 3 is 2.69 bits per heavy atom. The van der Waals surface area contributed by atoms with Crippen molar-refractivity contribution in [2.75, 3.05) is 5.32 Å². The maximum Gasteiger partial charge on any atom is 0.434 e. The molecule has 0 radical (unpaired) electrons. The zero-order valence-electron chi connectivity index (χ0n) is 14.3. The fraction of sp³-hybridized carbons (Fsp3) is 0.0556. The Morgan fingerprint density at radius 1 is 1.17 bits per heavy atom. The minimum absolute atomic E-state index is 0.0955. The summed E-state index contributed by atoms with van der Waals surface area (Å²) in [5, 5.41) is 10.2. The first-order chi connectivity index (χ1) is 13.8. The van der Waals surface area contributed by atoms with Crippen LogP contribution in [0.5, 0.6) is 0 Å². The van der Waals surface area contributed by atoms with Gasteiger partial charge < -0.3 is 0 Å². The third kappa shape index (κ3) is 4.04. The first-order valence-corrected chi connectivity index (χ1v) is 10.2. The molecule has 5 nitrogen and oxygen atoms in total. The number of carbonyl (C=O) groups is 1. The van der Waals surface area contributed by atoms with Crippen LogP contribution in [0.15, 0.2) is 53.4 Å². The minimum atomic E-state index is -4.81. The van der Waals surface area contributed by atoms with Gasteiger partial charge in [-0.25, -0.2) is 9.67 Å². The second-order valence-electron chi connectivity index (χ2n) is 5.77. The van der Waals surface area contributed by atoms with Crippen molar-refractivity contribution in [2.24, 2.45) is 0 Å². The topological polar surface area (TPSA) is 59.8 Å². The zero-order chi connectivity index (χ0) is 20.6. The number of rotatable bonds is 4. The van der Waals surface area contributed by atoms with Gasteiger partial charge >= 0.3 is 6.18 Å². The number of thiophene rings is 1. The van der Waals surface area contributed by atoms with Crippen LogP contribution in [0.2, 0.25) is 5.02 Å². The van der Waals surface area contributed by atoms with Crippen LogP contribution in [-0.2, 0) is 6.18 Å². The SMILES string of the molecule is O=C(Nc1nc(-c2cccs2)cs1)c1cnn(-c2cccc(Cl)c2)c1C(F)(F)F. The molecule has 0 atom stereocenters. The van der Waals surface area contributed by atoms with Gasteiger partial charge in [0.25, 0.3) is 5.91 Å².